The lowest BCUT2D eigenvalue weighted by Crippen LogP contribution is -2.47. The Kier molecular flexibility index (Phi) is 4.88. The molecule has 0 saturated carbocycles. The van der Waals surface area contributed by atoms with Crippen molar-refractivity contribution in [1.82, 2.24) is 4.90 Å². The Balaban J connectivity index is 1.94. The summed E-state index contributed by atoms with van der Waals surface area (Å²) in [4.78, 5) is 15.1. The van der Waals surface area contributed by atoms with Gasteiger partial charge in [0.05, 0.1) is 12.5 Å². The van der Waals surface area contributed by atoms with Crippen LogP contribution in [0.4, 0.5) is 0 Å². The third-order valence-electron chi connectivity index (χ3n) is 3.84. The van der Waals surface area contributed by atoms with E-state index in [0.717, 1.165) is 23.4 Å². The highest BCUT2D eigenvalue weighted by molar-refractivity contribution is 7.80. The Morgan fingerprint density at radius 1 is 1.42 bits per heavy atom. The first kappa shape index (κ1) is 14.4. The van der Waals surface area contributed by atoms with Gasteiger partial charge in [-0.1, -0.05) is 19.1 Å². The van der Waals surface area contributed by atoms with Crippen molar-refractivity contribution in [2.75, 3.05) is 20.2 Å². The predicted molar refractivity (Wildman–Crippen MR) is 78.6 cm³/mol. The van der Waals surface area contributed by atoms with Crippen molar-refractivity contribution in [3.8, 4) is 0 Å². The molecule has 0 bridgehead atoms. The number of methoxy groups -OCH3 is 1. The van der Waals surface area contributed by atoms with Gasteiger partial charge in [0.25, 0.3) is 0 Å². The second-order valence-corrected chi connectivity index (χ2v) is 5.74. The number of piperidine rings is 1. The van der Waals surface area contributed by atoms with Gasteiger partial charge in [-0.05, 0) is 30.0 Å². The molecule has 0 N–H and O–H groups in total. The molecule has 0 spiro atoms. The lowest BCUT2D eigenvalue weighted by atomic mass is 9.95. The topological polar surface area (TPSA) is 29.5 Å². The van der Waals surface area contributed by atoms with Gasteiger partial charge in [-0.3, -0.25) is 4.79 Å². The molecule has 3 nitrogen and oxygen atoms in total. The van der Waals surface area contributed by atoms with Crippen LogP contribution in [0.2, 0.25) is 0 Å². The molecule has 4 heteroatoms. The van der Waals surface area contributed by atoms with Crippen molar-refractivity contribution < 1.29 is 9.53 Å². The molecule has 2 unspecified atom stereocenters. The molecule has 0 aromatic heterocycles. The summed E-state index contributed by atoms with van der Waals surface area (Å²) in [5, 5.41) is 0. The van der Waals surface area contributed by atoms with Crippen LogP contribution in [0.25, 0.3) is 0 Å². The van der Waals surface area contributed by atoms with Gasteiger partial charge in [0, 0.05) is 25.1 Å². The Bertz CT molecular complexity index is 432. The lowest BCUT2D eigenvalue weighted by molar-refractivity contribution is -0.135. The summed E-state index contributed by atoms with van der Waals surface area (Å²) in [6, 6.07) is 7.76. The monoisotopic (exact) mass is 279 g/mol. The number of hydrogen-bond donors (Lipinski definition) is 1. The summed E-state index contributed by atoms with van der Waals surface area (Å²) in [7, 11) is 1.72. The molecular formula is C15H21NO2S. The average molecular weight is 279 g/mol. The van der Waals surface area contributed by atoms with Crippen molar-refractivity contribution in [2.24, 2.45) is 5.92 Å². The van der Waals surface area contributed by atoms with Gasteiger partial charge in [-0.15, -0.1) is 12.6 Å². The number of hydrogen-bond acceptors (Lipinski definition) is 3. The molecule has 1 aromatic rings. The molecule has 104 valence electrons. The first-order valence-corrected chi connectivity index (χ1v) is 7.13. The van der Waals surface area contributed by atoms with Crippen molar-refractivity contribution in [3.05, 3.63) is 29.8 Å². The number of benzene rings is 1. The third kappa shape index (κ3) is 3.74. The highest BCUT2D eigenvalue weighted by Gasteiger charge is 2.28. The molecular weight excluding hydrogens is 258 g/mol. The van der Waals surface area contributed by atoms with Gasteiger partial charge in [-0.25, -0.2) is 0 Å². The van der Waals surface area contributed by atoms with E-state index in [1.165, 1.54) is 0 Å². The number of amides is 1. The van der Waals surface area contributed by atoms with Crippen LogP contribution in [-0.2, 0) is 16.0 Å². The fourth-order valence-electron chi connectivity index (χ4n) is 2.47. The number of carbonyl (C=O) groups is 1. The molecule has 1 aromatic carbocycles. The Morgan fingerprint density at radius 2 is 2.11 bits per heavy atom. The van der Waals surface area contributed by atoms with E-state index in [0.29, 0.717) is 18.9 Å². The Labute approximate surface area is 120 Å². The number of likely N-dealkylation sites (tertiary alicyclic amines) is 1. The fraction of sp³-hybridized carbons (Fsp3) is 0.533. The minimum atomic E-state index is 0.164. The van der Waals surface area contributed by atoms with Gasteiger partial charge in [0.15, 0.2) is 0 Å². The van der Waals surface area contributed by atoms with Gasteiger partial charge in [0.1, 0.15) is 0 Å². The van der Waals surface area contributed by atoms with Crippen LogP contribution in [0.3, 0.4) is 0 Å². The Morgan fingerprint density at radius 3 is 2.74 bits per heavy atom. The van der Waals surface area contributed by atoms with Crippen LogP contribution in [0, 0.1) is 5.92 Å². The summed E-state index contributed by atoms with van der Waals surface area (Å²) in [5.74, 6) is 0.707. The number of carbonyl (C=O) groups excluding carboxylic acids is 1. The highest BCUT2D eigenvalue weighted by Crippen LogP contribution is 2.20. The standard InChI is InChI=1S/C15H21NO2S/c1-11-7-8-16(10-14(11)18-2)15(17)9-12-3-5-13(19)6-4-12/h3-6,11,14,19H,7-10H2,1-2H3. The summed E-state index contributed by atoms with van der Waals surface area (Å²) in [6.45, 7) is 3.73. The summed E-state index contributed by atoms with van der Waals surface area (Å²) >= 11 is 4.25. The summed E-state index contributed by atoms with van der Waals surface area (Å²) in [6.07, 6.45) is 1.64. The zero-order valence-electron chi connectivity index (χ0n) is 11.5. The average Bonchev–Trinajstić information content (AvgIpc) is 2.42. The number of nitrogens with zero attached hydrogens (tertiary/aromatic N) is 1. The normalized spacial score (nSPS) is 23.4. The molecule has 19 heavy (non-hydrogen) atoms. The minimum Gasteiger partial charge on any atom is -0.379 e. The lowest BCUT2D eigenvalue weighted by Gasteiger charge is -2.36. The molecule has 1 amide bonds. The van der Waals surface area contributed by atoms with Crippen molar-refractivity contribution in [1.29, 1.82) is 0 Å². The zero-order chi connectivity index (χ0) is 13.8. The van der Waals surface area contributed by atoms with Crippen LogP contribution in [0.15, 0.2) is 29.2 Å². The molecule has 1 aliphatic rings. The van der Waals surface area contributed by atoms with E-state index in [-0.39, 0.29) is 12.0 Å². The van der Waals surface area contributed by atoms with E-state index < -0.39 is 0 Å². The first-order chi connectivity index (χ1) is 9.10. The predicted octanol–water partition coefficient (Wildman–Crippen LogP) is 2.40. The second kappa shape index (κ2) is 6.44. The smallest absolute Gasteiger partial charge is 0.227 e. The van der Waals surface area contributed by atoms with Gasteiger partial charge in [0.2, 0.25) is 5.91 Å². The van der Waals surface area contributed by atoms with Crippen molar-refractivity contribution >= 4 is 18.5 Å². The first-order valence-electron chi connectivity index (χ1n) is 6.68. The number of ether oxygens (including phenoxy) is 1. The van der Waals surface area contributed by atoms with E-state index in [9.17, 15) is 4.79 Å². The highest BCUT2D eigenvalue weighted by atomic mass is 32.1. The van der Waals surface area contributed by atoms with Crippen LogP contribution in [0.1, 0.15) is 18.9 Å². The molecule has 1 saturated heterocycles. The van der Waals surface area contributed by atoms with E-state index in [1.54, 1.807) is 7.11 Å². The fourth-order valence-corrected chi connectivity index (χ4v) is 2.62. The zero-order valence-corrected chi connectivity index (χ0v) is 12.4. The van der Waals surface area contributed by atoms with E-state index in [1.807, 2.05) is 29.2 Å². The maximum Gasteiger partial charge on any atom is 0.227 e. The van der Waals surface area contributed by atoms with Crippen LogP contribution in [0.5, 0.6) is 0 Å². The van der Waals surface area contributed by atoms with E-state index in [4.69, 9.17) is 4.74 Å². The van der Waals surface area contributed by atoms with Gasteiger partial charge in [-0.2, -0.15) is 0 Å². The summed E-state index contributed by atoms with van der Waals surface area (Å²) in [5.41, 5.74) is 1.04. The number of thiol groups is 1. The molecule has 1 fully saturated rings. The van der Waals surface area contributed by atoms with Crippen molar-refractivity contribution in [2.45, 2.75) is 30.8 Å². The molecule has 1 aliphatic heterocycles. The molecule has 0 aliphatic carbocycles. The van der Waals surface area contributed by atoms with Gasteiger partial charge < -0.3 is 9.64 Å². The number of rotatable bonds is 3. The van der Waals surface area contributed by atoms with Crippen LogP contribution < -0.4 is 0 Å². The SMILES string of the molecule is COC1CN(C(=O)Cc2ccc(S)cc2)CCC1C. The third-order valence-corrected chi connectivity index (χ3v) is 4.13. The molecule has 2 atom stereocenters. The van der Waals surface area contributed by atoms with Gasteiger partial charge >= 0.3 is 0 Å². The minimum absolute atomic E-state index is 0.164. The maximum absolute atomic E-state index is 12.3. The second-order valence-electron chi connectivity index (χ2n) is 5.22. The quantitative estimate of drug-likeness (QED) is 0.861. The van der Waals surface area contributed by atoms with Crippen LogP contribution in [-0.4, -0.2) is 37.1 Å². The van der Waals surface area contributed by atoms with Crippen LogP contribution >= 0.6 is 12.6 Å². The molecule has 0 radical (unpaired) electrons. The van der Waals surface area contributed by atoms with E-state index in [2.05, 4.69) is 19.6 Å². The summed E-state index contributed by atoms with van der Waals surface area (Å²) < 4.78 is 5.45. The van der Waals surface area contributed by atoms with E-state index >= 15 is 0 Å². The largest absolute Gasteiger partial charge is 0.379 e. The molecule has 1 heterocycles. The molecule has 2 rings (SSSR count). The van der Waals surface area contributed by atoms with Crippen molar-refractivity contribution in [3.63, 3.8) is 0 Å². The maximum atomic E-state index is 12.3. The Hall–Kier alpha value is -1.00.